The standard InChI is InChI=1S/C19H19N5O2/c1-13-7-6-10-16(14(13)2)22-18(25)12-20-19(26)17-11-21-24(23-17)15-8-4-3-5-9-15/h3-11H,12H2,1-2H3,(H,20,26)(H,22,25). The zero-order valence-electron chi connectivity index (χ0n) is 14.6. The molecule has 0 saturated heterocycles. The number of amides is 2. The van der Waals surface area contributed by atoms with E-state index in [4.69, 9.17) is 0 Å². The van der Waals surface area contributed by atoms with Gasteiger partial charge in [0.15, 0.2) is 5.69 Å². The van der Waals surface area contributed by atoms with E-state index < -0.39 is 5.91 Å². The van der Waals surface area contributed by atoms with Crippen LogP contribution in [0.5, 0.6) is 0 Å². The Bertz CT molecular complexity index is 934. The van der Waals surface area contributed by atoms with E-state index in [1.165, 1.54) is 11.0 Å². The third-order valence-electron chi connectivity index (χ3n) is 4.00. The molecule has 3 aromatic rings. The van der Waals surface area contributed by atoms with Gasteiger partial charge in [0.05, 0.1) is 18.4 Å². The lowest BCUT2D eigenvalue weighted by molar-refractivity contribution is -0.115. The van der Waals surface area contributed by atoms with Crippen LogP contribution in [-0.2, 0) is 4.79 Å². The Morgan fingerprint density at radius 1 is 1.04 bits per heavy atom. The molecule has 0 aliphatic rings. The molecule has 0 aliphatic carbocycles. The average molecular weight is 349 g/mol. The monoisotopic (exact) mass is 349 g/mol. The second kappa shape index (κ2) is 7.60. The predicted molar refractivity (Wildman–Crippen MR) is 98.2 cm³/mol. The quantitative estimate of drug-likeness (QED) is 0.739. The van der Waals surface area contributed by atoms with Crippen molar-refractivity contribution in [3.63, 3.8) is 0 Å². The molecule has 0 bridgehead atoms. The maximum absolute atomic E-state index is 12.2. The Balaban J connectivity index is 1.58. The van der Waals surface area contributed by atoms with Gasteiger partial charge in [0, 0.05) is 5.69 Å². The van der Waals surface area contributed by atoms with Crippen molar-refractivity contribution in [2.24, 2.45) is 0 Å². The number of hydrogen-bond donors (Lipinski definition) is 2. The highest BCUT2D eigenvalue weighted by atomic mass is 16.2. The first-order valence-corrected chi connectivity index (χ1v) is 8.16. The molecule has 132 valence electrons. The number of hydrogen-bond acceptors (Lipinski definition) is 4. The third kappa shape index (κ3) is 3.94. The van der Waals surface area contributed by atoms with Crippen molar-refractivity contribution in [3.05, 3.63) is 71.5 Å². The van der Waals surface area contributed by atoms with E-state index in [0.717, 1.165) is 22.5 Å². The van der Waals surface area contributed by atoms with Crippen LogP contribution < -0.4 is 10.6 Å². The minimum absolute atomic E-state index is 0.147. The van der Waals surface area contributed by atoms with Crippen molar-refractivity contribution in [1.82, 2.24) is 20.3 Å². The van der Waals surface area contributed by atoms with Crippen LogP contribution >= 0.6 is 0 Å². The predicted octanol–water partition coefficient (Wildman–Crippen LogP) is 2.25. The lowest BCUT2D eigenvalue weighted by atomic mass is 10.1. The Kier molecular flexibility index (Phi) is 5.07. The first kappa shape index (κ1) is 17.3. The average Bonchev–Trinajstić information content (AvgIpc) is 3.14. The molecule has 0 saturated carbocycles. The first-order valence-electron chi connectivity index (χ1n) is 8.16. The van der Waals surface area contributed by atoms with Crippen LogP contribution in [0.2, 0.25) is 0 Å². The number of nitrogens with zero attached hydrogens (tertiary/aromatic N) is 3. The summed E-state index contributed by atoms with van der Waals surface area (Å²) >= 11 is 0. The summed E-state index contributed by atoms with van der Waals surface area (Å²) in [6.07, 6.45) is 1.37. The Hall–Kier alpha value is -3.48. The Morgan fingerprint density at radius 3 is 2.58 bits per heavy atom. The summed E-state index contributed by atoms with van der Waals surface area (Å²) in [6.45, 7) is 3.76. The molecule has 2 aromatic carbocycles. The molecule has 0 fully saturated rings. The molecule has 0 aliphatic heterocycles. The molecule has 1 heterocycles. The second-order valence-corrected chi connectivity index (χ2v) is 5.83. The minimum atomic E-state index is -0.455. The minimum Gasteiger partial charge on any atom is -0.342 e. The van der Waals surface area contributed by atoms with E-state index in [2.05, 4.69) is 20.8 Å². The number of rotatable bonds is 5. The molecule has 7 heteroatoms. The van der Waals surface area contributed by atoms with Crippen molar-refractivity contribution >= 4 is 17.5 Å². The molecule has 7 nitrogen and oxygen atoms in total. The second-order valence-electron chi connectivity index (χ2n) is 5.83. The van der Waals surface area contributed by atoms with E-state index in [9.17, 15) is 9.59 Å². The largest absolute Gasteiger partial charge is 0.342 e. The van der Waals surface area contributed by atoms with E-state index in [1.807, 2.05) is 62.4 Å². The number of carbonyl (C=O) groups is 2. The van der Waals surface area contributed by atoms with Gasteiger partial charge in [-0.25, -0.2) is 0 Å². The van der Waals surface area contributed by atoms with Crippen LogP contribution in [0.15, 0.2) is 54.7 Å². The number of aryl methyl sites for hydroxylation is 1. The highest BCUT2D eigenvalue weighted by Gasteiger charge is 2.13. The summed E-state index contributed by atoms with van der Waals surface area (Å²) in [5.41, 5.74) is 3.72. The van der Waals surface area contributed by atoms with Crippen molar-refractivity contribution < 1.29 is 9.59 Å². The fourth-order valence-electron chi connectivity index (χ4n) is 2.38. The van der Waals surface area contributed by atoms with Crippen LogP contribution in [-0.4, -0.2) is 33.4 Å². The van der Waals surface area contributed by atoms with Crippen LogP contribution in [0.4, 0.5) is 5.69 Å². The lowest BCUT2D eigenvalue weighted by Crippen LogP contribution is -2.33. The van der Waals surface area contributed by atoms with Crippen LogP contribution in [0.3, 0.4) is 0 Å². The molecule has 26 heavy (non-hydrogen) atoms. The summed E-state index contributed by atoms with van der Waals surface area (Å²) in [5, 5.41) is 13.5. The van der Waals surface area contributed by atoms with Gasteiger partial charge >= 0.3 is 0 Å². The van der Waals surface area contributed by atoms with Gasteiger partial charge in [-0.2, -0.15) is 9.90 Å². The number of benzene rings is 2. The van der Waals surface area contributed by atoms with Gasteiger partial charge in [0.1, 0.15) is 0 Å². The highest BCUT2D eigenvalue weighted by molar-refractivity contribution is 5.98. The Morgan fingerprint density at radius 2 is 1.81 bits per heavy atom. The molecule has 1 aromatic heterocycles. The molecule has 2 amide bonds. The third-order valence-corrected chi connectivity index (χ3v) is 4.00. The SMILES string of the molecule is Cc1cccc(NC(=O)CNC(=O)c2cnn(-c3ccccc3)n2)c1C. The van der Waals surface area contributed by atoms with Gasteiger partial charge in [-0.3, -0.25) is 9.59 Å². The first-order chi connectivity index (χ1) is 12.5. The molecular weight excluding hydrogens is 330 g/mol. The summed E-state index contributed by atoms with van der Waals surface area (Å²) in [6, 6.07) is 14.9. The maximum Gasteiger partial charge on any atom is 0.273 e. The normalized spacial score (nSPS) is 10.4. The molecule has 0 atom stereocenters. The van der Waals surface area contributed by atoms with Crippen LogP contribution in [0, 0.1) is 13.8 Å². The van der Waals surface area contributed by atoms with Crippen molar-refractivity contribution in [2.45, 2.75) is 13.8 Å². The van der Waals surface area contributed by atoms with Gasteiger partial charge < -0.3 is 10.6 Å². The number of carbonyl (C=O) groups excluding carboxylic acids is 2. The number of para-hydroxylation sites is 1. The van der Waals surface area contributed by atoms with Gasteiger partial charge in [-0.1, -0.05) is 30.3 Å². The number of anilines is 1. The maximum atomic E-state index is 12.2. The molecule has 2 N–H and O–H groups in total. The topological polar surface area (TPSA) is 88.9 Å². The van der Waals surface area contributed by atoms with Gasteiger partial charge in [0.2, 0.25) is 5.91 Å². The fraction of sp³-hybridized carbons (Fsp3) is 0.158. The van der Waals surface area contributed by atoms with Crippen molar-refractivity contribution in [2.75, 3.05) is 11.9 Å². The van der Waals surface area contributed by atoms with Gasteiger partial charge in [-0.15, -0.1) is 5.10 Å². The molecule has 0 spiro atoms. The zero-order valence-corrected chi connectivity index (χ0v) is 14.6. The van der Waals surface area contributed by atoms with E-state index in [0.29, 0.717) is 0 Å². The van der Waals surface area contributed by atoms with Crippen molar-refractivity contribution in [1.29, 1.82) is 0 Å². The smallest absolute Gasteiger partial charge is 0.273 e. The number of nitrogens with one attached hydrogen (secondary N) is 2. The highest BCUT2D eigenvalue weighted by Crippen LogP contribution is 2.17. The zero-order chi connectivity index (χ0) is 18.5. The molecule has 0 radical (unpaired) electrons. The molecular formula is C19H19N5O2. The van der Waals surface area contributed by atoms with Crippen molar-refractivity contribution in [3.8, 4) is 5.69 Å². The summed E-state index contributed by atoms with van der Waals surface area (Å²) in [4.78, 5) is 25.6. The molecule has 0 unspecified atom stereocenters. The lowest BCUT2D eigenvalue weighted by Gasteiger charge is -2.10. The van der Waals surface area contributed by atoms with Crippen LogP contribution in [0.1, 0.15) is 21.6 Å². The summed E-state index contributed by atoms with van der Waals surface area (Å²) < 4.78 is 0. The van der Waals surface area contributed by atoms with E-state index in [-0.39, 0.29) is 18.1 Å². The number of aromatic nitrogens is 3. The summed E-state index contributed by atoms with van der Waals surface area (Å²) in [5.74, 6) is -0.759. The van der Waals surface area contributed by atoms with Gasteiger partial charge in [-0.05, 0) is 43.2 Å². The van der Waals surface area contributed by atoms with E-state index >= 15 is 0 Å². The van der Waals surface area contributed by atoms with E-state index in [1.54, 1.807) is 0 Å². The fourth-order valence-corrected chi connectivity index (χ4v) is 2.38. The summed E-state index contributed by atoms with van der Waals surface area (Å²) in [7, 11) is 0. The Labute approximate surface area is 151 Å². The van der Waals surface area contributed by atoms with Gasteiger partial charge in [0.25, 0.3) is 5.91 Å². The van der Waals surface area contributed by atoms with Crippen LogP contribution in [0.25, 0.3) is 5.69 Å². The molecule has 3 rings (SSSR count).